The van der Waals surface area contributed by atoms with Crippen molar-refractivity contribution >= 4 is 22.8 Å². The zero-order valence-electron chi connectivity index (χ0n) is 29.7. The highest BCUT2D eigenvalue weighted by Gasteiger charge is 2.40. The van der Waals surface area contributed by atoms with Gasteiger partial charge < -0.3 is 20.7 Å². The van der Waals surface area contributed by atoms with Crippen LogP contribution in [0.15, 0.2) is 54.9 Å². The molecule has 0 spiro atoms. The molecule has 2 aromatic carbocycles. The van der Waals surface area contributed by atoms with Gasteiger partial charge in [0.25, 0.3) is 0 Å². The molecule has 0 saturated carbocycles. The number of halogens is 1. The number of amides is 1. The Labute approximate surface area is 293 Å². The monoisotopic (exact) mass is 681 g/mol. The molecule has 2 aliphatic heterocycles. The number of anilines is 1. The minimum atomic E-state index is -1.15. The lowest BCUT2D eigenvalue weighted by molar-refractivity contribution is -0.140. The molecule has 0 radical (unpaired) electrons. The van der Waals surface area contributed by atoms with Crippen LogP contribution in [-0.2, 0) is 4.79 Å². The molecule has 2 aromatic heterocycles. The summed E-state index contributed by atoms with van der Waals surface area (Å²) in [6.45, 7) is 13.6. The summed E-state index contributed by atoms with van der Waals surface area (Å²) in [6, 6.07) is 16.8. The highest BCUT2D eigenvalue weighted by atomic mass is 19.1. The first-order valence-electron chi connectivity index (χ1n) is 17.6. The second kappa shape index (κ2) is 14.3. The summed E-state index contributed by atoms with van der Waals surface area (Å²) in [5, 5.41) is 19.2. The fourth-order valence-corrected chi connectivity index (χ4v) is 7.57. The number of piperidine rings is 1. The highest BCUT2D eigenvalue weighted by molar-refractivity contribution is 5.98. The van der Waals surface area contributed by atoms with Gasteiger partial charge in [0.1, 0.15) is 40.6 Å². The molecule has 12 heteroatoms. The summed E-state index contributed by atoms with van der Waals surface area (Å²) in [4.78, 5) is 27.1. The molecule has 4 heterocycles. The summed E-state index contributed by atoms with van der Waals surface area (Å²) in [6.07, 6.45) is 4.95. The number of para-hydroxylation sites is 1. The van der Waals surface area contributed by atoms with Gasteiger partial charge in [0.05, 0.1) is 17.5 Å². The molecule has 2 saturated heterocycles. The predicted molar refractivity (Wildman–Crippen MR) is 192 cm³/mol. The number of rotatable bonds is 10. The lowest BCUT2D eigenvalue weighted by Crippen LogP contribution is -2.60. The van der Waals surface area contributed by atoms with Crippen molar-refractivity contribution in [3.05, 3.63) is 60.7 Å². The maximum Gasteiger partial charge on any atom is 0.242 e. The van der Waals surface area contributed by atoms with Gasteiger partial charge >= 0.3 is 0 Å². The van der Waals surface area contributed by atoms with E-state index in [9.17, 15) is 10.1 Å². The number of carbonyl (C=O) groups excluding carboxylic acids is 1. The van der Waals surface area contributed by atoms with Crippen molar-refractivity contribution in [2.75, 3.05) is 31.9 Å². The minimum Gasteiger partial charge on any atom is -0.457 e. The number of nitrogens with two attached hydrogens (primary N) is 1. The van der Waals surface area contributed by atoms with Gasteiger partial charge in [0, 0.05) is 55.4 Å². The summed E-state index contributed by atoms with van der Waals surface area (Å²) < 4.78 is 23.3. The number of hydrogen-bond donors (Lipinski definition) is 2. The fraction of sp³-hybridized carbons (Fsp3) is 0.500. The first-order chi connectivity index (χ1) is 23.9. The second-order valence-corrected chi connectivity index (χ2v) is 14.8. The average Bonchev–Trinajstić information content (AvgIpc) is 3.48. The molecule has 3 N–H and O–H groups in total. The van der Waals surface area contributed by atoms with Crippen LogP contribution in [0, 0.1) is 22.6 Å². The number of piperazine rings is 1. The maximum absolute atomic E-state index is 15.7. The van der Waals surface area contributed by atoms with Crippen LogP contribution in [0.25, 0.3) is 22.3 Å². The first kappa shape index (κ1) is 35.2. The number of nitrogens with one attached hydrogen (secondary N) is 1. The standard InChI is InChI=1S/C38H48FN9O2/c1-25-20-47(21-26(2)44-25)37(3,4)16-10-17-38(5,23-40)36(49)46-18-9-11-27(22-46)48-35-32(34(41)42-24-43-35)33(45-48)30-15-14-29(19-31(30)39)50-28-12-7-6-8-13-28/h6-8,12-15,19,24-27,44H,9-11,16-18,20-22H2,1-5H3,(H2,41,42,43)/t25-,26+,27-,38?/m1/s1. The van der Waals surface area contributed by atoms with E-state index >= 15 is 4.39 Å². The van der Waals surface area contributed by atoms with Crippen molar-refractivity contribution in [1.29, 1.82) is 5.26 Å². The average molecular weight is 682 g/mol. The minimum absolute atomic E-state index is 0.0441. The normalized spacial score (nSPS) is 21.5. The number of carbonyl (C=O) groups is 1. The molecule has 1 amide bonds. The van der Waals surface area contributed by atoms with Gasteiger partial charge in [-0.25, -0.2) is 19.0 Å². The Hall–Kier alpha value is -4.60. The third-order valence-corrected chi connectivity index (χ3v) is 10.3. The number of hydrogen-bond acceptors (Lipinski definition) is 9. The largest absolute Gasteiger partial charge is 0.457 e. The van der Waals surface area contributed by atoms with E-state index in [1.807, 2.05) is 18.2 Å². The van der Waals surface area contributed by atoms with Gasteiger partial charge in [-0.2, -0.15) is 10.4 Å². The molecule has 0 aliphatic carbocycles. The Morgan fingerprint density at radius 2 is 1.80 bits per heavy atom. The molecule has 11 nitrogen and oxygen atoms in total. The van der Waals surface area contributed by atoms with Crippen molar-refractivity contribution < 1.29 is 13.9 Å². The van der Waals surface area contributed by atoms with Crippen LogP contribution in [0.4, 0.5) is 10.2 Å². The lowest BCUT2D eigenvalue weighted by Gasteiger charge is -2.46. The van der Waals surface area contributed by atoms with E-state index in [-0.39, 0.29) is 28.9 Å². The maximum atomic E-state index is 15.7. The molecule has 4 aromatic rings. The number of nitrogen functional groups attached to an aromatic ring is 1. The Kier molecular flexibility index (Phi) is 10.1. The number of benzene rings is 2. The summed E-state index contributed by atoms with van der Waals surface area (Å²) >= 11 is 0. The highest BCUT2D eigenvalue weighted by Crippen LogP contribution is 2.38. The van der Waals surface area contributed by atoms with Gasteiger partial charge in [-0.15, -0.1) is 0 Å². The van der Waals surface area contributed by atoms with Crippen LogP contribution < -0.4 is 15.8 Å². The lowest BCUT2D eigenvalue weighted by atomic mass is 9.81. The number of fused-ring (bicyclic) bond motifs is 1. The van der Waals surface area contributed by atoms with Crippen molar-refractivity contribution in [2.24, 2.45) is 5.41 Å². The van der Waals surface area contributed by atoms with Crippen LogP contribution >= 0.6 is 0 Å². The van der Waals surface area contributed by atoms with E-state index in [0.29, 0.717) is 59.8 Å². The number of nitriles is 1. The summed E-state index contributed by atoms with van der Waals surface area (Å²) in [7, 11) is 0. The van der Waals surface area contributed by atoms with Gasteiger partial charge in [-0.1, -0.05) is 18.2 Å². The zero-order chi connectivity index (χ0) is 35.6. The molecule has 2 fully saturated rings. The SMILES string of the molecule is C[C@@H]1CN(C(C)(C)CCCC(C)(C#N)C(=O)N2CCC[C@@H](n3nc(-c4ccc(Oc5ccccc5)cc4F)c4c(N)ncnc43)C2)C[C@H](C)N1. The smallest absolute Gasteiger partial charge is 0.242 e. The third kappa shape index (κ3) is 7.30. The van der Waals surface area contributed by atoms with Gasteiger partial charge in [0.2, 0.25) is 5.91 Å². The first-order valence-corrected chi connectivity index (χ1v) is 17.6. The van der Waals surface area contributed by atoms with Crippen molar-refractivity contribution in [3.63, 3.8) is 0 Å². The molecule has 1 unspecified atom stereocenters. The number of nitrogens with zero attached hydrogens (tertiary/aromatic N) is 7. The Morgan fingerprint density at radius 3 is 2.50 bits per heavy atom. The number of ether oxygens (including phenoxy) is 1. The van der Waals surface area contributed by atoms with Crippen LogP contribution in [0.1, 0.15) is 72.8 Å². The molecular formula is C38H48FN9O2. The molecule has 0 bridgehead atoms. The van der Waals surface area contributed by atoms with Gasteiger partial charge in [-0.05, 0) is 91.0 Å². The Balaban J connectivity index is 1.19. The van der Waals surface area contributed by atoms with Crippen molar-refractivity contribution in [2.45, 2.75) is 90.4 Å². The van der Waals surface area contributed by atoms with E-state index < -0.39 is 11.2 Å². The van der Waals surface area contributed by atoms with Gasteiger partial charge in [0.15, 0.2) is 5.65 Å². The summed E-state index contributed by atoms with van der Waals surface area (Å²) in [5.74, 6) is 0.442. The topological polar surface area (TPSA) is 138 Å². The molecule has 6 rings (SSSR count). The van der Waals surface area contributed by atoms with E-state index in [4.69, 9.17) is 15.6 Å². The van der Waals surface area contributed by atoms with Crippen LogP contribution in [0.5, 0.6) is 11.5 Å². The van der Waals surface area contributed by atoms with Crippen molar-refractivity contribution in [3.8, 4) is 28.8 Å². The summed E-state index contributed by atoms with van der Waals surface area (Å²) in [5.41, 5.74) is 6.18. The Morgan fingerprint density at radius 1 is 1.06 bits per heavy atom. The van der Waals surface area contributed by atoms with Gasteiger partial charge in [-0.3, -0.25) is 9.69 Å². The van der Waals surface area contributed by atoms with E-state index in [1.165, 1.54) is 12.4 Å². The van der Waals surface area contributed by atoms with E-state index in [1.54, 1.807) is 40.8 Å². The van der Waals surface area contributed by atoms with E-state index in [0.717, 1.165) is 38.8 Å². The van der Waals surface area contributed by atoms with E-state index in [2.05, 4.69) is 53.9 Å². The molecular weight excluding hydrogens is 633 g/mol. The van der Waals surface area contributed by atoms with Crippen LogP contribution in [0.3, 0.4) is 0 Å². The van der Waals surface area contributed by atoms with Crippen molar-refractivity contribution in [1.82, 2.24) is 34.9 Å². The van der Waals surface area contributed by atoms with Crippen LogP contribution in [0.2, 0.25) is 0 Å². The predicted octanol–water partition coefficient (Wildman–Crippen LogP) is 6.33. The number of aromatic nitrogens is 4. The Bertz CT molecular complexity index is 1860. The fourth-order valence-electron chi connectivity index (χ4n) is 7.57. The molecule has 2 aliphatic rings. The third-order valence-electron chi connectivity index (χ3n) is 10.3. The molecule has 50 heavy (non-hydrogen) atoms. The second-order valence-electron chi connectivity index (χ2n) is 14.8. The van der Waals surface area contributed by atoms with Crippen LogP contribution in [-0.4, -0.2) is 79.3 Å². The molecule has 4 atom stereocenters. The molecule has 264 valence electrons. The zero-order valence-corrected chi connectivity index (χ0v) is 29.7. The quantitative estimate of drug-likeness (QED) is 0.197. The number of likely N-dealkylation sites (tertiary alicyclic amines) is 1.